The minimum absolute atomic E-state index is 0.00587. The predicted molar refractivity (Wildman–Crippen MR) is 79.8 cm³/mol. The van der Waals surface area contributed by atoms with E-state index in [-0.39, 0.29) is 29.7 Å². The number of rotatable bonds is 1. The Bertz CT molecular complexity index is 794. The molecule has 21 heavy (non-hydrogen) atoms. The summed E-state index contributed by atoms with van der Waals surface area (Å²) in [5.41, 5.74) is 6.89. The van der Waals surface area contributed by atoms with Gasteiger partial charge in [-0.3, -0.25) is 4.79 Å². The fourth-order valence-corrected chi connectivity index (χ4v) is 3.74. The second-order valence-corrected chi connectivity index (χ2v) is 7.51. The van der Waals surface area contributed by atoms with E-state index in [1.165, 1.54) is 4.90 Å². The lowest BCUT2D eigenvalue weighted by Gasteiger charge is -2.17. The molecule has 0 spiro atoms. The molecule has 0 unspecified atom stereocenters. The topological polar surface area (TPSA) is 93.6 Å². The molecule has 1 aliphatic heterocycles. The van der Waals surface area contributed by atoms with E-state index < -0.39 is 9.84 Å². The zero-order valence-electron chi connectivity index (χ0n) is 11.4. The lowest BCUT2D eigenvalue weighted by Crippen LogP contribution is -2.33. The summed E-state index contributed by atoms with van der Waals surface area (Å²) in [4.78, 5) is 14.0. The van der Waals surface area contributed by atoms with Crippen LogP contribution in [0.1, 0.15) is 17.0 Å². The first-order valence-corrected chi connectivity index (χ1v) is 8.55. The highest BCUT2D eigenvalue weighted by molar-refractivity contribution is 7.91. The number of nitrogens with zero attached hydrogens (tertiary/aromatic N) is 1. The van der Waals surface area contributed by atoms with Gasteiger partial charge in [-0.05, 0) is 30.7 Å². The molecule has 2 aromatic rings. The van der Waals surface area contributed by atoms with Crippen LogP contribution >= 0.6 is 0 Å². The standard InChI is InChI=1S/C14H16N2O4S/c15-11-2-3-12-10(8-11)9-13(20-12)14(17)16-4-1-6-21(18,19)7-5-16/h2-3,8-9H,1,4-7,15H2. The Balaban J connectivity index is 1.86. The molecule has 0 aliphatic carbocycles. The normalized spacial score (nSPS) is 18.6. The Morgan fingerprint density at radius 1 is 1.19 bits per heavy atom. The number of benzene rings is 1. The van der Waals surface area contributed by atoms with Gasteiger partial charge in [0.25, 0.3) is 5.91 Å². The number of amides is 1. The maximum absolute atomic E-state index is 12.4. The first-order chi connectivity index (χ1) is 9.94. The number of fused-ring (bicyclic) bond motifs is 1. The highest BCUT2D eigenvalue weighted by Gasteiger charge is 2.25. The second kappa shape index (κ2) is 5.07. The van der Waals surface area contributed by atoms with E-state index in [0.29, 0.717) is 24.2 Å². The average Bonchev–Trinajstić information content (AvgIpc) is 2.75. The molecule has 7 heteroatoms. The maximum Gasteiger partial charge on any atom is 0.289 e. The molecule has 2 N–H and O–H groups in total. The van der Waals surface area contributed by atoms with E-state index in [2.05, 4.69) is 0 Å². The first-order valence-electron chi connectivity index (χ1n) is 6.73. The van der Waals surface area contributed by atoms with Crippen LogP contribution in [-0.4, -0.2) is 43.8 Å². The van der Waals surface area contributed by atoms with E-state index in [4.69, 9.17) is 10.2 Å². The van der Waals surface area contributed by atoms with E-state index >= 15 is 0 Å². The van der Waals surface area contributed by atoms with Crippen LogP contribution in [0.4, 0.5) is 5.69 Å². The molecule has 1 aromatic heterocycles. The van der Waals surface area contributed by atoms with Crippen molar-refractivity contribution in [1.29, 1.82) is 0 Å². The number of furan rings is 1. The monoisotopic (exact) mass is 308 g/mol. The smallest absolute Gasteiger partial charge is 0.289 e. The zero-order valence-corrected chi connectivity index (χ0v) is 12.2. The zero-order chi connectivity index (χ0) is 15.0. The number of nitrogens with two attached hydrogens (primary N) is 1. The highest BCUT2D eigenvalue weighted by Crippen LogP contribution is 2.23. The third kappa shape index (κ3) is 2.87. The van der Waals surface area contributed by atoms with Crippen LogP contribution in [0.15, 0.2) is 28.7 Å². The van der Waals surface area contributed by atoms with Gasteiger partial charge in [-0.25, -0.2) is 8.42 Å². The van der Waals surface area contributed by atoms with E-state index in [9.17, 15) is 13.2 Å². The van der Waals surface area contributed by atoms with Gasteiger partial charge in [0, 0.05) is 24.2 Å². The molecule has 2 heterocycles. The van der Waals surface area contributed by atoms with Crippen molar-refractivity contribution in [2.45, 2.75) is 6.42 Å². The van der Waals surface area contributed by atoms with E-state index in [0.717, 1.165) is 5.39 Å². The molecule has 0 radical (unpaired) electrons. The van der Waals surface area contributed by atoms with Crippen LogP contribution in [0, 0.1) is 0 Å². The molecule has 112 valence electrons. The SMILES string of the molecule is Nc1ccc2oc(C(=O)N3CCCS(=O)(=O)CC3)cc2c1. The van der Waals surface area contributed by atoms with Crippen LogP contribution < -0.4 is 5.73 Å². The van der Waals surface area contributed by atoms with E-state index in [1.54, 1.807) is 24.3 Å². The van der Waals surface area contributed by atoms with Gasteiger partial charge in [-0.15, -0.1) is 0 Å². The highest BCUT2D eigenvalue weighted by atomic mass is 32.2. The van der Waals surface area contributed by atoms with Crippen molar-refractivity contribution in [2.75, 3.05) is 30.3 Å². The van der Waals surface area contributed by atoms with Crippen LogP contribution in [0.3, 0.4) is 0 Å². The van der Waals surface area contributed by atoms with Crippen molar-refractivity contribution in [3.8, 4) is 0 Å². The molecule has 6 nitrogen and oxygen atoms in total. The van der Waals surface area contributed by atoms with Crippen molar-refractivity contribution < 1.29 is 17.6 Å². The van der Waals surface area contributed by atoms with Crippen molar-refractivity contribution in [2.24, 2.45) is 0 Å². The first kappa shape index (κ1) is 13.9. The van der Waals surface area contributed by atoms with Gasteiger partial charge < -0.3 is 15.1 Å². The molecule has 1 amide bonds. The van der Waals surface area contributed by atoms with Gasteiger partial charge in [-0.1, -0.05) is 0 Å². The third-order valence-electron chi connectivity index (χ3n) is 3.59. The van der Waals surface area contributed by atoms with Gasteiger partial charge >= 0.3 is 0 Å². The molecular formula is C14H16N2O4S. The Hall–Kier alpha value is -2.02. The Labute approximate surface area is 122 Å². The summed E-state index contributed by atoms with van der Waals surface area (Å²) in [6, 6.07) is 6.81. The molecule has 1 saturated heterocycles. The number of sulfone groups is 1. The summed E-state index contributed by atoms with van der Waals surface area (Å²) in [5, 5.41) is 0.765. The summed E-state index contributed by atoms with van der Waals surface area (Å²) >= 11 is 0. The number of carbonyl (C=O) groups excluding carboxylic acids is 1. The molecule has 1 aliphatic rings. The summed E-state index contributed by atoms with van der Waals surface area (Å²) in [6.45, 7) is 0.637. The summed E-state index contributed by atoms with van der Waals surface area (Å²) in [6.07, 6.45) is 0.460. The van der Waals surface area contributed by atoms with E-state index in [1.807, 2.05) is 0 Å². The van der Waals surface area contributed by atoms with Gasteiger partial charge in [-0.2, -0.15) is 0 Å². The van der Waals surface area contributed by atoms with Crippen molar-refractivity contribution in [1.82, 2.24) is 4.90 Å². The van der Waals surface area contributed by atoms with Gasteiger partial charge in [0.15, 0.2) is 15.6 Å². The molecular weight excluding hydrogens is 292 g/mol. The lowest BCUT2D eigenvalue weighted by molar-refractivity contribution is 0.0739. The summed E-state index contributed by atoms with van der Waals surface area (Å²) in [7, 11) is -3.04. The quantitative estimate of drug-likeness (QED) is 0.801. The Morgan fingerprint density at radius 3 is 2.81 bits per heavy atom. The molecule has 0 atom stereocenters. The summed E-state index contributed by atoms with van der Waals surface area (Å²) in [5.74, 6) is 0.0797. The van der Waals surface area contributed by atoms with Crippen LogP contribution in [0.25, 0.3) is 11.0 Å². The van der Waals surface area contributed by atoms with Gasteiger partial charge in [0.1, 0.15) is 5.58 Å². The Morgan fingerprint density at radius 2 is 2.00 bits per heavy atom. The number of carbonyl (C=O) groups is 1. The van der Waals surface area contributed by atoms with Gasteiger partial charge in [0.05, 0.1) is 11.5 Å². The summed E-state index contributed by atoms with van der Waals surface area (Å²) < 4.78 is 28.7. The van der Waals surface area contributed by atoms with Crippen molar-refractivity contribution >= 4 is 32.4 Å². The van der Waals surface area contributed by atoms with Crippen LogP contribution in [-0.2, 0) is 9.84 Å². The van der Waals surface area contributed by atoms with Crippen molar-refractivity contribution in [3.63, 3.8) is 0 Å². The molecule has 1 aromatic carbocycles. The number of hydrogen-bond donors (Lipinski definition) is 1. The van der Waals surface area contributed by atoms with Crippen molar-refractivity contribution in [3.05, 3.63) is 30.0 Å². The Kier molecular flexibility index (Phi) is 3.36. The number of anilines is 1. The third-order valence-corrected chi connectivity index (χ3v) is 5.31. The lowest BCUT2D eigenvalue weighted by atomic mass is 10.2. The fourth-order valence-electron chi connectivity index (χ4n) is 2.46. The molecule has 0 saturated carbocycles. The minimum Gasteiger partial charge on any atom is -0.451 e. The van der Waals surface area contributed by atoms with Crippen LogP contribution in [0.5, 0.6) is 0 Å². The van der Waals surface area contributed by atoms with Gasteiger partial charge in [0.2, 0.25) is 0 Å². The predicted octanol–water partition coefficient (Wildman–Crippen LogP) is 1.28. The molecule has 0 bridgehead atoms. The number of nitrogen functional groups attached to an aromatic ring is 1. The number of hydrogen-bond acceptors (Lipinski definition) is 5. The largest absolute Gasteiger partial charge is 0.451 e. The second-order valence-electron chi connectivity index (χ2n) is 5.21. The maximum atomic E-state index is 12.4. The molecule has 3 rings (SSSR count). The molecule has 1 fully saturated rings. The van der Waals surface area contributed by atoms with Crippen LogP contribution in [0.2, 0.25) is 0 Å². The average molecular weight is 308 g/mol. The fraction of sp³-hybridized carbons (Fsp3) is 0.357. The minimum atomic E-state index is -3.04.